The fourth-order valence-electron chi connectivity index (χ4n) is 9.55. The van der Waals surface area contributed by atoms with Gasteiger partial charge in [-0.1, -0.05) is 166 Å². The van der Waals surface area contributed by atoms with Gasteiger partial charge in [0, 0.05) is 38.6 Å². The van der Waals surface area contributed by atoms with Crippen LogP contribution in [0.25, 0.3) is 66.8 Å². The van der Waals surface area contributed by atoms with E-state index < -0.39 is 0 Å². The summed E-state index contributed by atoms with van der Waals surface area (Å²) in [6.45, 7) is 4.65. The number of rotatable bonds is 5. The van der Waals surface area contributed by atoms with Crippen LogP contribution in [0.15, 0.2) is 194 Å². The number of hydrogen-bond donors (Lipinski definition) is 0. The van der Waals surface area contributed by atoms with Crippen molar-refractivity contribution in [2.45, 2.75) is 19.3 Å². The van der Waals surface area contributed by atoms with Crippen molar-refractivity contribution < 1.29 is 0 Å². The van der Waals surface area contributed by atoms with E-state index in [1.165, 1.54) is 22.5 Å². The SMILES string of the molecule is CC1(C)c2ccccc2N(c2ccc(-c3cccc4c3-c3nc5ccccc5c5cccc(c35)N4c3nc(-c4ccccc4)nc(-c4ccccc4)n3)cc2)c2ccccc21. The van der Waals surface area contributed by atoms with E-state index in [1.807, 2.05) is 60.7 Å². The maximum absolute atomic E-state index is 5.49. The minimum absolute atomic E-state index is 0.130. The van der Waals surface area contributed by atoms with Crippen LogP contribution in [0, 0.1) is 0 Å². The van der Waals surface area contributed by atoms with Gasteiger partial charge in [0.1, 0.15) is 0 Å². The first-order valence-electron chi connectivity index (χ1n) is 20.7. The Hall–Kier alpha value is -7.96. The number of nitrogens with zero attached hydrogens (tertiary/aromatic N) is 6. The molecule has 4 heterocycles. The van der Waals surface area contributed by atoms with E-state index in [2.05, 4.69) is 157 Å². The summed E-state index contributed by atoms with van der Waals surface area (Å²) in [6, 6.07) is 68.4. The lowest BCUT2D eigenvalue weighted by Gasteiger charge is -2.42. The average molecular weight is 783 g/mol. The highest BCUT2D eigenvalue weighted by molar-refractivity contribution is 6.21. The third-order valence-corrected chi connectivity index (χ3v) is 12.4. The fourth-order valence-corrected chi connectivity index (χ4v) is 9.55. The molecule has 12 rings (SSSR count). The molecule has 0 bridgehead atoms. The molecule has 0 aliphatic carbocycles. The highest BCUT2D eigenvalue weighted by atomic mass is 15.3. The monoisotopic (exact) mass is 782 g/mol. The van der Waals surface area contributed by atoms with Crippen LogP contribution < -0.4 is 9.80 Å². The molecule has 8 aromatic carbocycles. The van der Waals surface area contributed by atoms with Crippen LogP contribution in [0.3, 0.4) is 0 Å². The van der Waals surface area contributed by atoms with Crippen molar-refractivity contribution in [3.05, 3.63) is 205 Å². The molecule has 6 nitrogen and oxygen atoms in total. The van der Waals surface area contributed by atoms with Gasteiger partial charge in [-0.2, -0.15) is 9.97 Å². The molecule has 0 radical (unpaired) electrons. The lowest BCUT2D eigenvalue weighted by molar-refractivity contribution is 0.632. The molecule has 0 amide bonds. The first-order chi connectivity index (χ1) is 30.0. The Morgan fingerprint density at radius 2 is 0.934 bits per heavy atom. The van der Waals surface area contributed by atoms with Gasteiger partial charge in [0.15, 0.2) is 11.6 Å². The second-order valence-electron chi connectivity index (χ2n) is 16.3. The average Bonchev–Trinajstić information content (AvgIpc) is 3.32. The Labute approximate surface area is 354 Å². The van der Waals surface area contributed by atoms with Gasteiger partial charge in [0.2, 0.25) is 5.95 Å². The Kier molecular flexibility index (Phi) is 7.78. The predicted octanol–water partition coefficient (Wildman–Crippen LogP) is 14.1. The van der Waals surface area contributed by atoms with Gasteiger partial charge in [-0.05, 0) is 70.1 Å². The van der Waals surface area contributed by atoms with Crippen molar-refractivity contribution >= 4 is 56.1 Å². The smallest absolute Gasteiger partial charge is 0.238 e. The number of anilines is 6. The van der Waals surface area contributed by atoms with Crippen molar-refractivity contribution in [1.82, 2.24) is 19.9 Å². The Morgan fingerprint density at radius 3 is 1.61 bits per heavy atom. The quantitative estimate of drug-likeness (QED) is 0.162. The third kappa shape index (κ3) is 5.42. The van der Waals surface area contributed by atoms with E-state index in [0.29, 0.717) is 17.6 Å². The maximum Gasteiger partial charge on any atom is 0.238 e. The molecule has 61 heavy (non-hydrogen) atoms. The van der Waals surface area contributed by atoms with Crippen molar-refractivity contribution in [1.29, 1.82) is 0 Å². The van der Waals surface area contributed by atoms with E-state index in [4.69, 9.17) is 19.9 Å². The second kappa shape index (κ2) is 13.5. The standard InChI is InChI=1S/C55H38N6/c1-55(2)42-24-10-13-27-45(42)60(46-28-14-11-25-43(46)55)38-33-31-35(32-34-38)39-22-15-29-47-49(39)51-50-41(40-21-9-12-26-44(40)56-51)23-16-30-48(50)61(47)54-58-52(36-17-5-3-6-18-36)57-53(59-54)37-19-7-4-8-20-37/h3-34H,1-2H3. The molecule has 0 fully saturated rings. The molecular formula is C55H38N6. The van der Waals surface area contributed by atoms with Gasteiger partial charge in [-0.25, -0.2) is 9.97 Å². The summed E-state index contributed by atoms with van der Waals surface area (Å²) in [5, 5.41) is 3.29. The van der Waals surface area contributed by atoms with Crippen LogP contribution in [0.4, 0.5) is 34.4 Å². The summed E-state index contributed by atoms with van der Waals surface area (Å²) in [6.07, 6.45) is 0. The number of hydrogen-bond acceptors (Lipinski definition) is 6. The molecule has 2 aromatic heterocycles. The summed E-state index contributed by atoms with van der Waals surface area (Å²) in [5.74, 6) is 1.76. The summed E-state index contributed by atoms with van der Waals surface area (Å²) in [7, 11) is 0. The number of fused-ring (bicyclic) bond motifs is 6. The molecule has 0 spiro atoms. The number of benzene rings is 8. The van der Waals surface area contributed by atoms with Gasteiger partial charge in [-0.15, -0.1) is 0 Å². The van der Waals surface area contributed by atoms with Crippen LogP contribution in [0.5, 0.6) is 0 Å². The van der Waals surface area contributed by atoms with Gasteiger partial charge in [0.25, 0.3) is 0 Å². The molecule has 2 aliphatic heterocycles. The van der Waals surface area contributed by atoms with Gasteiger partial charge in [-0.3, -0.25) is 4.90 Å². The minimum atomic E-state index is -0.130. The summed E-state index contributed by atoms with van der Waals surface area (Å²) >= 11 is 0. The van der Waals surface area contributed by atoms with Crippen molar-refractivity contribution in [3.63, 3.8) is 0 Å². The predicted molar refractivity (Wildman–Crippen MR) is 249 cm³/mol. The van der Waals surface area contributed by atoms with Crippen molar-refractivity contribution in [3.8, 4) is 45.2 Å². The lowest BCUT2D eigenvalue weighted by atomic mass is 9.73. The summed E-state index contributed by atoms with van der Waals surface area (Å²) < 4.78 is 0. The fraction of sp³-hybridized carbons (Fsp3) is 0.0545. The molecule has 0 saturated heterocycles. The molecule has 10 aromatic rings. The first kappa shape index (κ1) is 35.0. The zero-order valence-electron chi connectivity index (χ0n) is 33.7. The highest BCUT2D eigenvalue weighted by Crippen LogP contribution is 2.55. The van der Waals surface area contributed by atoms with Crippen LogP contribution in [-0.2, 0) is 5.41 Å². The molecular weight excluding hydrogens is 745 g/mol. The number of pyridine rings is 1. The minimum Gasteiger partial charge on any atom is -0.310 e. The zero-order valence-corrected chi connectivity index (χ0v) is 33.7. The summed E-state index contributed by atoms with van der Waals surface area (Å²) in [5.41, 5.74) is 14.9. The number of para-hydroxylation sites is 3. The molecule has 2 aliphatic rings. The van der Waals surface area contributed by atoms with Crippen LogP contribution in [0.1, 0.15) is 25.0 Å². The Morgan fingerprint density at radius 1 is 0.393 bits per heavy atom. The van der Waals surface area contributed by atoms with Gasteiger partial charge < -0.3 is 4.90 Å². The summed E-state index contributed by atoms with van der Waals surface area (Å²) in [4.78, 5) is 25.7. The maximum atomic E-state index is 5.49. The molecule has 0 unspecified atom stereocenters. The normalized spacial score (nSPS) is 13.5. The number of aromatic nitrogens is 4. The highest BCUT2D eigenvalue weighted by Gasteiger charge is 2.37. The molecule has 6 heteroatoms. The largest absolute Gasteiger partial charge is 0.310 e. The first-order valence-corrected chi connectivity index (χ1v) is 20.7. The van der Waals surface area contributed by atoms with Crippen LogP contribution in [-0.4, -0.2) is 19.9 Å². The zero-order chi connectivity index (χ0) is 40.7. The van der Waals surface area contributed by atoms with Crippen LogP contribution >= 0.6 is 0 Å². The van der Waals surface area contributed by atoms with Gasteiger partial charge in [0.05, 0.1) is 34.0 Å². The third-order valence-electron chi connectivity index (χ3n) is 12.4. The lowest BCUT2D eigenvalue weighted by Crippen LogP contribution is -2.30. The van der Waals surface area contributed by atoms with E-state index in [1.54, 1.807) is 0 Å². The van der Waals surface area contributed by atoms with Crippen molar-refractivity contribution in [2.75, 3.05) is 9.80 Å². The van der Waals surface area contributed by atoms with Crippen LogP contribution in [0.2, 0.25) is 0 Å². The Balaban J connectivity index is 1.08. The molecule has 0 atom stereocenters. The Bertz CT molecular complexity index is 3240. The second-order valence-corrected chi connectivity index (χ2v) is 16.3. The molecule has 0 saturated carbocycles. The van der Waals surface area contributed by atoms with Crippen molar-refractivity contribution in [2.24, 2.45) is 0 Å². The van der Waals surface area contributed by atoms with E-state index in [-0.39, 0.29) is 5.41 Å². The topological polar surface area (TPSA) is 58.0 Å². The molecule has 0 N–H and O–H groups in total. The van der Waals surface area contributed by atoms with E-state index in [0.717, 1.165) is 72.2 Å². The van der Waals surface area contributed by atoms with E-state index in [9.17, 15) is 0 Å². The van der Waals surface area contributed by atoms with E-state index >= 15 is 0 Å². The molecule has 288 valence electrons. The van der Waals surface area contributed by atoms with Gasteiger partial charge >= 0.3 is 0 Å².